The van der Waals surface area contributed by atoms with E-state index in [2.05, 4.69) is 0 Å². The first-order chi connectivity index (χ1) is 7.33. The van der Waals surface area contributed by atoms with Gasteiger partial charge in [0.1, 0.15) is 0 Å². The van der Waals surface area contributed by atoms with Crippen molar-refractivity contribution >= 4 is 5.84 Å². The molecule has 0 radical (unpaired) electrons. The van der Waals surface area contributed by atoms with Gasteiger partial charge >= 0.3 is 0 Å². The van der Waals surface area contributed by atoms with Gasteiger partial charge < -0.3 is 5.73 Å². The number of nitrogens with two attached hydrogens (primary N) is 1. The maximum absolute atomic E-state index is 6.14. The van der Waals surface area contributed by atoms with Crippen molar-refractivity contribution in [3.63, 3.8) is 0 Å². The minimum Gasteiger partial charge on any atom is -0.387 e. The van der Waals surface area contributed by atoms with E-state index >= 15 is 0 Å². The van der Waals surface area contributed by atoms with Crippen molar-refractivity contribution < 1.29 is 0 Å². The topological polar surface area (TPSA) is 38.4 Å². The normalized spacial score (nSPS) is 41.6. The molecule has 84 valence electrons. The summed E-state index contributed by atoms with van der Waals surface area (Å²) in [6, 6.07) is 0.601. The minimum atomic E-state index is 0.601. The van der Waals surface area contributed by atoms with Crippen molar-refractivity contribution in [2.24, 2.45) is 28.5 Å². The second kappa shape index (κ2) is 3.80. The largest absolute Gasteiger partial charge is 0.387 e. The number of hydrogen-bond donors (Lipinski definition) is 1. The Balaban J connectivity index is 1.65. The average molecular weight is 206 g/mol. The molecule has 3 fully saturated rings. The molecule has 0 aromatic heterocycles. The SMILES string of the molecule is NC(=NC1CC2CCC1C2)C1CCCC1. The summed E-state index contributed by atoms with van der Waals surface area (Å²) in [4.78, 5) is 4.84. The summed E-state index contributed by atoms with van der Waals surface area (Å²) >= 11 is 0. The highest BCUT2D eigenvalue weighted by Crippen LogP contribution is 2.46. The molecular weight excluding hydrogens is 184 g/mol. The zero-order chi connectivity index (χ0) is 10.3. The number of amidine groups is 1. The molecule has 3 aliphatic carbocycles. The standard InChI is InChI=1S/C13H22N2/c14-13(10-3-1-2-4-10)15-12-8-9-5-6-11(12)7-9/h9-12H,1-8H2,(H2,14,15). The van der Waals surface area contributed by atoms with E-state index in [0.29, 0.717) is 12.0 Å². The van der Waals surface area contributed by atoms with E-state index in [4.69, 9.17) is 10.7 Å². The third kappa shape index (κ3) is 1.79. The van der Waals surface area contributed by atoms with Gasteiger partial charge in [0.25, 0.3) is 0 Å². The van der Waals surface area contributed by atoms with Crippen molar-refractivity contribution in [2.75, 3.05) is 0 Å². The van der Waals surface area contributed by atoms with Gasteiger partial charge in [-0.05, 0) is 43.9 Å². The first-order valence-corrected chi connectivity index (χ1v) is 6.66. The van der Waals surface area contributed by atoms with Crippen LogP contribution in [-0.2, 0) is 0 Å². The first-order valence-electron chi connectivity index (χ1n) is 6.66. The lowest BCUT2D eigenvalue weighted by molar-refractivity contribution is 0.418. The predicted octanol–water partition coefficient (Wildman–Crippen LogP) is 2.72. The number of hydrogen-bond acceptors (Lipinski definition) is 1. The molecule has 2 bridgehead atoms. The summed E-state index contributed by atoms with van der Waals surface area (Å²) in [6.45, 7) is 0. The number of rotatable bonds is 2. The molecule has 3 rings (SSSR count). The summed E-state index contributed by atoms with van der Waals surface area (Å²) in [5.41, 5.74) is 6.14. The Morgan fingerprint density at radius 1 is 1.00 bits per heavy atom. The second-order valence-electron chi connectivity index (χ2n) is 5.78. The first kappa shape index (κ1) is 9.68. The maximum atomic E-state index is 6.14. The monoisotopic (exact) mass is 206 g/mol. The van der Waals surface area contributed by atoms with E-state index in [1.807, 2.05) is 0 Å². The lowest BCUT2D eigenvalue weighted by Gasteiger charge is -2.19. The van der Waals surface area contributed by atoms with Crippen LogP contribution in [0.2, 0.25) is 0 Å². The quantitative estimate of drug-likeness (QED) is 0.547. The molecular formula is C13H22N2. The van der Waals surface area contributed by atoms with Crippen LogP contribution in [0.15, 0.2) is 4.99 Å². The second-order valence-corrected chi connectivity index (χ2v) is 5.78. The van der Waals surface area contributed by atoms with Crippen LogP contribution in [0.5, 0.6) is 0 Å². The van der Waals surface area contributed by atoms with Crippen molar-refractivity contribution in [1.82, 2.24) is 0 Å². The molecule has 3 atom stereocenters. The lowest BCUT2D eigenvalue weighted by atomic mass is 9.95. The third-order valence-electron chi connectivity index (χ3n) is 4.79. The van der Waals surface area contributed by atoms with Gasteiger partial charge in [-0.15, -0.1) is 0 Å². The van der Waals surface area contributed by atoms with Crippen LogP contribution < -0.4 is 5.73 Å². The Kier molecular flexibility index (Phi) is 2.45. The lowest BCUT2D eigenvalue weighted by Crippen LogP contribution is -2.26. The molecule has 0 heterocycles. The molecule has 3 aliphatic rings. The molecule has 2 N–H and O–H groups in total. The molecule has 0 amide bonds. The Bertz CT molecular complexity index is 266. The van der Waals surface area contributed by atoms with Crippen LogP contribution in [0.3, 0.4) is 0 Å². The van der Waals surface area contributed by atoms with E-state index in [-0.39, 0.29) is 0 Å². The van der Waals surface area contributed by atoms with Crippen molar-refractivity contribution in [3.05, 3.63) is 0 Å². The van der Waals surface area contributed by atoms with Gasteiger partial charge in [0.15, 0.2) is 0 Å². The molecule has 0 aliphatic heterocycles. The minimum absolute atomic E-state index is 0.601. The van der Waals surface area contributed by atoms with E-state index in [0.717, 1.165) is 17.7 Å². The fourth-order valence-electron chi connectivity index (χ4n) is 3.89. The van der Waals surface area contributed by atoms with Gasteiger partial charge in [-0.25, -0.2) is 0 Å². The number of fused-ring (bicyclic) bond motifs is 2. The van der Waals surface area contributed by atoms with Crippen LogP contribution in [0.1, 0.15) is 51.4 Å². The van der Waals surface area contributed by atoms with E-state index < -0.39 is 0 Å². The highest BCUT2D eigenvalue weighted by atomic mass is 14.9. The number of nitrogens with zero attached hydrogens (tertiary/aromatic N) is 1. The summed E-state index contributed by atoms with van der Waals surface area (Å²) < 4.78 is 0. The molecule has 15 heavy (non-hydrogen) atoms. The van der Waals surface area contributed by atoms with Crippen LogP contribution in [0, 0.1) is 17.8 Å². The summed E-state index contributed by atoms with van der Waals surface area (Å²) in [5, 5.41) is 0. The van der Waals surface area contributed by atoms with E-state index in [9.17, 15) is 0 Å². The zero-order valence-electron chi connectivity index (χ0n) is 9.49. The van der Waals surface area contributed by atoms with Gasteiger partial charge in [0, 0.05) is 5.92 Å². The average Bonchev–Trinajstić information content (AvgIpc) is 2.95. The summed E-state index contributed by atoms with van der Waals surface area (Å²) in [7, 11) is 0. The van der Waals surface area contributed by atoms with Gasteiger partial charge in [-0.3, -0.25) is 4.99 Å². The third-order valence-corrected chi connectivity index (χ3v) is 4.79. The summed E-state index contributed by atoms with van der Waals surface area (Å²) in [5.74, 6) is 3.49. The van der Waals surface area contributed by atoms with Crippen LogP contribution in [0.4, 0.5) is 0 Å². The predicted molar refractivity (Wildman–Crippen MR) is 62.8 cm³/mol. The molecule has 0 aromatic rings. The molecule has 0 spiro atoms. The van der Waals surface area contributed by atoms with Crippen molar-refractivity contribution in [2.45, 2.75) is 57.4 Å². The fraction of sp³-hybridized carbons (Fsp3) is 0.923. The van der Waals surface area contributed by atoms with Gasteiger partial charge in [0.05, 0.1) is 11.9 Å². The van der Waals surface area contributed by atoms with Crippen LogP contribution >= 0.6 is 0 Å². The smallest absolute Gasteiger partial charge is 0.0971 e. The zero-order valence-corrected chi connectivity index (χ0v) is 9.49. The highest BCUT2D eigenvalue weighted by Gasteiger charge is 2.39. The highest BCUT2D eigenvalue weighted by molar-refractivity contribution is 5.83. The molecule has 2 nitrogen and oxygen atoms in total. The number of aliphatic imine (C=N–C) groups is 1. The van der Waals surface area contributed by atoms with Crippen LogP contribution in [0.25, 0.3) is 0 Å². The van der Waals surface area contributed by atoms with Gasteiger partial charge in [0.2, 0.25) is 0 Å². The molecule has 0 saturated heterocycles. The van der Waals surface area contributed by atoms with Crippen molar-refractivity contribution in [1.29, 1.82) is 0 Å². The summed E-state index contributed by atoms with van der Waals surface area (Å²) in [6.07, 6.45) is 10.9. The Morgan fingerprint density at radius 2 is 1.80 bits per heavy atom. The van der Waals surface area contributed by atoms with E-state index in [1.54, 1.807) is 0 Å². The fourth-order valence-corrected chi connectivity index (χ4v) is 3.89. The molecule has 3 saturated carbocycles. The van der Waals surface area contributed by atoms with E-state index in [1.165, 1.54) is 51.4 Å². The molecule has 0 aromatic carbocycles. The van der Waals surface area contributed by atoms with Gasteiger partial charge in [-0.1, -0.05) is 19.3 Å². The van der Waals surface area contributed by atoms with Gasteiger partial charge in [-0.2, -0.15) is 0 Å². The Morgan fingerprint density at radius 3 is 2.40 bits per heavy atom. The Hall–Kier alpha value is -0.530. The molecule has 2 heteroatoms. The molecule has 3 unspecified atom stereocenters. The van der Waals surface area contributed by atoms with Crippen molar-refractivity contribution in [3.8, 4) is 0 Å². The Labute approximate surface area is 92.3 Å². The van der Waals surface area contributed by atoms with Crippen LogP contribution in [-0.4, -0.2) is 11.9 Å². The maximum Gasteiger partial charge on any atom is 0.0971 e.